The molecule has 0 spiro atoms. The highest BCUT2D eigenvalue weighted by molar-refractivity contribution is 9.10. The number of nitrogens with two attached hydrogens (primary N) is 1. The van der Waals surface area contributed by atoms with E-state index in [1.54, 1.807) is 0 Å². The summed E-state index contributed by atoms with van der Waals surface area (Å²) in [6, 6.07) is 8.63. The van der Waals surface area contributed by atoms with Gasteiger partial charge in [-0.2, -0.15) is 11.8 Å². The van der Waals surface area contributed by atoms with Crippen molar-refractivity contribution >= 4 is 27.7 Å². The van der Waals surface area contributed by atoms with Gasteiger partial charge in [-0.1, -0.05) is 35.0 Å². The molecule has 2 atom stereocenters. The lowest BCUT2D eigenvalue weighted by atomic mass is 10.1. The maximum Gasteiger partial charge on any atom is 0.0446 e. The molecule has 0 fully saturated rings. The maximum atomic E-state index is 6.02. The molecule has 1 rings (SSSR count). The average molecular weight is 288 g/mol. The summed E-state index contributed by atoms with van der Waals surface area (Å²) in [4.78, 5) is 0. The molecule has 1 aromatic rings. The van der Waals surface area contributed by atoms with Crippen molar-refractivity contribution in [2.75, 3.05) is 5.75 Å². The summed E-state index contributed by atoms with van der Waals surface area (Å²) in [6.45, 7) is 4.28. The minimum absolute atomic E-state index is 0.191. The van der Waals surface area contributed by atoms with Crippen LogP contribution in [-0.4, -0.2) is 11.8 Å². The van der Waals surface area contributed by atoms with Crippen molar-refractivity contribution in [3.63, 3.8) is 0 Å². The summed E-state index contributed by atoms with van der Waals surface area (Å²) in [7, 11) is 0. The van der Waals surface area contributed by atoms with Crippen LogP contribution in [0, 0.1) is 0 Å². The molecule has 0 aromatic heterocycles. The molecule has 0 amide bonds. The Morgan fingerprint density at radius 1 is 1.47 bits per heavy atom. The van der Waals surface area contributed by atoms with Crippen LogP contribution in [-0.2, 0) is 0 Å². The zero-order valence-electron chi connectivity index (χ0n) is 9.24. The summed E-state index contributed by atoms with van der Waals surface area (Å²) < 4.78 is 1.13. The van der Waals surface area contributed by atoms with Crippen LogP contribution in [0.4, 0.5) is 0 Å². The minimum atomic E-state index is 0.191. The molecule has 2 N–H and O–H groups in total. The van der Waals surface area contributed by atoms with E-state index in [0.29, 0.717) is 5.25 Å². The standard InChI is InChI=1S/C12H18BrNS/c1-3-7-15-12(9(2)14)10-5-4-6-11(13)8-10/h4-6,8-9,12H,3,7,14H2,1-2H3. The summed E-state index contributed by atoms with van der Waals surface area (Å²) in [5.74, 6) is 1.17. The highest BCUT2D eigenvalue weighted by Crippen LogP contribution is 2.32. The highest BCUT2D eigenvalue weighted by Gasteiger charge is 2.16. The molecule has 0 radical (unpaired) electrons. The fourth-order valence-electron chi connectivity index (χ4n) is 1.48. The molecular formula is C12H18BrNS. The molecule has 2 unspecified atom stereocenters. The van der Waals surface area contributed by atoms with Gasteiger partial charge in [0.2, 0.25) is 0 Å². The van der Waals surface area contributed by atoms with Gasteiger partial charge < -0.3 is 5.73 Å². The SMILES string of the molecule is CCCSC(c1cccc(Br)c1)C(C)N. The second kappa shape index (κ2) is 6.56. The molecule has 84 valence electrons. The zero-order valence-corrected chi connectivity index (χ0v) is 11.6. The lowest BCUT2D eigenvalue weighted by Crippen LogP contribution is -2.22. The summed E-state index contributed by atoms with van der Waals surface area (Å²) >= 11 is 5.44. The third-order valence-electron chi connectivity index (χ3n) is 2.16. The molecule has 0 heterocycles. The number of hydrogen-bond acceptors (Lipinski definition) is 2. The smallest absolute Gasteiger partial charge is 0.0446 e. The monoisotopic (exact) mass is 287 g/mol. The van der Waals surface area contributed by atoms with Crippen LogP contribution in [0.2, 0.25) is 0 Å². The van der Waals surface area contributed by atoms with E-state index in [1.807, 2.05) is 17.8 Å². The number of halogens is 1. The lowest BCUT2D eigenvalue weighted by Gasteiger charge is -2.20. The number of rotatable bonds is 5. The average Bonchev–Trinajstić information content (AvgIpc) is 2.18. The molecule has 0 aliphatic heterocycles. The van der Waals surface area contributed by atoms with E-state index >= 15 is 0 Å². The predicted octanol–water partition coefficient (Wildman–Crippen LogP) is 3.98. The van der Waals surface area contributed by atoms with Crippen molar-refractivity contribution in [3.05, 3.63) is 34.3 Å². The van der Waals surface area contributed by atoms with Crippen LogP contribution >= 0.6 is 27.7 Å². The second-order valence-electron chi connectivity index (χ2n) is 3.71. The van der Waals surface area contributed by atoms with Gasteiger partial charge in [0.1, 0.15) is 0 Å². The van der Waals surface area contributed by atoms with Gasteiger partial charge in [0.15, 0.2) is 0 Å². The first-order valence-electron chi connectivity index (χ1n) is 5.27. The van der Waals surface area contributed by atoms with Crippen molar-refractivity contribution in [2.45, 2.75) is 31.6 Å². The normalized spacial score (nSPS) is 14.9. The predicted molar refractivity (Wildman–Crippen MR) is 73.3 cm³/mol. The van der Waals surface area contributed by atoms with Gasteiger partial charge in [-0.15, -0.1) is 0 Å². The van der Waals surface area contributed by atoms with Crippen LogP contribution in [0.3, 0.4) is 0 Å². The molecule has 0 aliphatic carbocycles. The molecule has 0 bridgehead atoms. The van der Waals surface area contributed by atoms with Crippen molar-refractivity contribution < 1.29 is 0 Å². The zero-order chi connectivity index (χ0) is 11.3. The fraction of sp³-hybridized carbons (Fsp3) is 0.500. The van der Waals surface area contributed by atoms with Crippen LogP contribution in [0.25, 0.3) is 0 Å². The summed E-state index contributed by atoms with van der Waals surface area (Å²) in [5.41, 5.74) is 7.34. The van der Waals surface area contributed by atoms with Crippen LogP contribution in [0.5, 0.6) is 0 Å². The minimum Gasteiger partial charge on any atom is -0.327 e. The molecule has 1 nitrogen and oxygen atoms in total. The van der Waals surface area contributed by atoms with Gasteiger partial charge in [-0.05, 0) is 36.8 Å². The van der Waals surface area contributed by atoms with Crippen molar-refractivity contribution in [1.29, 1.82) is 0 Å². The lowest BCUT2D eigenvalue weighted by molar-refractivity contribution is 0.720. The summed E-state index contributed by atoms with van der Waals surface area (Å²) in [5, 5.41) is 0.405. The topological polar surface area (TPSA) is 26.0 Å². The Labute approximate surface area is 105 Å². The van der Waals surface area contributed by atoms with Gasteiger partial charge in [-0.25, -0.2) is 0 Å². The van der Waals surface area contributed by atoms with Crippen molar-refractivity contribution in [1.82, 2.24) is 0 Å². The Hall–Kier alpha value is 0.01000. The van der Waals surface area contributed by atoms with Crippen molar-refractivity contribution in [2.24, 2.45) is 5.73 Å². The van der Waals surface area contributed by atoms with E-state index in [9.17, 15) is 0 Å². The molecule has 0 aliphatic rings. The van der Waals surface area contributed by atoms with Crippen molar-refractivity contribution in [3.8, 4) is 0 Å². The van der Waals surface area contributed by atoms with E-state index in [-0.39, 0.29) is 6.04 Å². The van der Waals surface area contributed by atoms with E-state index in [4.69, 9.17) is 5.73 Å². The first-order chi connectivity index (χ1) is 7.15. The molecule has 1 aromatic carbocycles. The van der Waals surface area contributed by atoms with Gasteiger partial charge in [0, 0.05) is 15.8 Å². The van der Waals surface area contributed by atoms with Gasteiger partial charge in [0.25, 0.3) is 0 Å². The molecule has 15 heavy (non-hydrogen) atoms. The number of thioether (sulfide) groups is 1. The van der Waals surface area contributed by atoms with E-state index in [1.165, 1.54) is 17.7 Å². The summed E-state index contributed by atoms with van der Waals surface area (Å²) in [6.07, 6.45) is 1.20. The van der Waals surface area contributed by atoms with Crippen LogP contribution in [0.15, 0.2) is 28.7 Å². The Kier molecular flexibility index (Phi) is 5.72. The Morgan fingerprint density at radius 3 is 2.73 bits per heavy atom. The first kappa shape index (κ1) is 13.1. The quantitative estimate of drug-likeness (QED) is 0.887. The molecule has 0 saturated carbocycles. The van der Waals surface area contributed by atoms with Crippen LogP contribution < -0.4 is 5.73 Å². The fourth-order valence-corrected chi connectivity index (χ4v) is 3.03. The highest BCUT2D eigenvalue weighted by atomic mass is 79.9. The molecule has 3 heteroatoms. The van der Waals surface area contributed by atoms with Gasteiger partial charge in [0.05, 0.1) is 0 Å². The largest absolute Gasteiger partial charge is 0.327 e. The first-order valence-corrected chi connectivity index (χ1v) is 7.12. The van der Waals surface area contributed by atoms with E-state index < -0.39 is 0 Å². The van der Waals surface area contributed by atoms with Gasteiger partial charge >= 0.3 is 0 Å². The Bertz CT molecular complexity index is 301. The Balaban J connectivity index is 2.79. The second-order valence-corrected chi connectivity index (χ2v) is 5.87. The maximum absolute atomic E-state index is 6.02. The third-order valence-corrected chi connectivity index (χ3v) is 4.35. The third kappa shape index (κ3) is 4.17. The molecular weight excluding hydrogens is 270 g/mol. The van der Waals surface area contributed by atoms with Crippen LogP contribution in [0.1, 0.15) is 31.1 Å². The Morgan fingerprint density at radius 2 is 2.20 bits per heavy atom. The van der Waals surface area contributed by atoms with Gasteiger partial charge in [-0.3, -0.25) is 0 Å². The number of hydrogen-bond donors (Lipinski definition) is 1. The van der Waals surface area contributed by atoms with E-state index in [2.05, 4.69) is 48.0 Å². The number of benzene rings is 1. The molecule has 0 saturated heterocycles. The van der Waals surface area contributed by atoms with E-state index in [0.717, 1.165) is 4.47 Å².